The predicted octanol–water partition coefficient (Wildman–Crippen LogP) is 2.76. The quantitative estimate of drug-likeness (QED) is 0.721. The van der Waals surface area contributed by atoms with Crippen molar-refractivity contribution < 1.29 is 9.53 Å². The van der Waals surface area contributed by atoms with E-state index < -0.39 is 0 Å². The average molecular weight is 215 g/mol. The van der Waals surface area contributed by atoms with E-state index in [4.69, 9.17) is 4.74 Å². The Labute approximate surface area is 93.6 Å². The maximum absolute atomic E-state index is 11.1. The average Bonchev–Trinajstić information content (AvgIpc) is 2.94. The fourth-order valence-corrected chi connectivity index (χ4v) is 2.37. The largest absolute Gasteiger partial charge is 0.358 e. The lowest BCUT2D eigenvalue weighted by Gasteiger charge is -2.14. The van der Waals surface area contributed by atoms with E-state index in [0.29, 0.717) is 5.69 Å². The van der Waals surface area contributed by atoms with Crippen LogP contribution in [0.15, 0.2) is 30.3 Å². The van der Waals surface area contributed by atoms with Crippen LogP contribution in [0.25, 0.3) is 10.9 Å². The minimum atomic E-state index is 0.0279. The summed E-state index contributed by atoms with van der Waals surface area (Å²) in [6.45, 7) is 0.787. The van der Waals surface area contributed by atoms with E-state index in [-0.39, 0.29) is 6.23 Å². The number of para-hydroxylation sites is 1. The summed E-state index contributed by atoms with van der Waals surface area (Å²) < 4.78 is 7.66. The van der Waals surface area contributed by atoms with Crippen molar-refractivity contribution in [3.05, 3.63) is 36.0 Å². The molecule has 3 rings (SSSR count). The van der Waals surface area contributed by atoms with Gasteiger partial charge in [-0.05, 0) is 25.0 Å². The van der Waals surface area contributed by atoms with E-state index >= 15 is 0 Å². The fourth-order valence-electron chi connectivity index (χ4n) is 2.37. The maximum atomic E-state index is 11.1. The number of hydrogen-bond donors (Lipinski definition) is 0. The Kier molecular flexibility index (Phi) is 2.26. The first-order valence-corrected chi connectivity index (χ1v) is 5.57. The molecule has 1 fully saturated rings. The second-order valence-electron chi connectivity index (χ2n) is 4.08. The Morgan fingerprint density at radius 3 is 3.00 bits per heavy atom. The van der Waals surface area contributed by atoms with E-state index in [1.165, 1.54) is 0 Å². The monoisotopic (exact) mass is 215 g/mol. The van der Waals surface area contributed by atoms with Crippen molar-refractivity contribution in [1.29, 1.82) is 0 Å². The van der Waals surface area contributed by atoms with Crippen molar-refractivity contribution >= 4 is 17.2 Å². The van der Waals surface area contributed by atoms with Crippen LogP contribution in [-0.2, 0) is 4.74 Å². The van der Waals surface area contributed by atoms with Crippen molar-refractivity contribution in [2.45, 2.75) is 19.1 Å². The molecular formula is C13H13NO2. The van der Waals surface area contributed by atoms with Crippen molar-refractivity contribution in [2.24, 2.45) is 0 Å². The summed E-state index contributed by atoms with van der Waals surface area (Å²) in [6.07, 6.45) is 2.98. The highest BCUT2D eigenvalue weighted by molar-refractivity contribution is 5.89. The molecule has 1 aromatic heterocycles. The minimum absolute atomic E-state index is 0.0279. The number of ether oxygens (including phenoxy) is 1. The molecular weight excluding hydrogens is 202 g/mol. The summed E-state index contributed by atoms with van der Waals surface area (Å²) in [4.78, 5) is 11.1. The smallest absolute Gasteiger partial charge is 0.166 e. The van der Waals surface area contributed by atoms with Crippen molar-refractivity contribution in [2.75, 3.05) is 6.61 Å². The highest BCUT2D eigenvalue weighted by Crippen LogP contribution is 2.29. The summed E-state index contributed by atoms with van der Waals surface area (Å²) in [6, 6.07) is 9.95. The van der Waals surface area contributed by atoms with Gasteiger partial charge in [-0.3, -0.25) is 4.79 Å². The number of fused-ring (bicyclic) bond motifs is 1. The van der Waals surface area contributed by atoms with Crippen molar-refractivity contribution in [1.82, 2.24) is 4.57 Å². The molecule has 0 saturated carbocycles. The molecule has 0 amide bonds. The van der Waals surface area contributed by atoms with Gasteiger partial charge in [-0.2, -0.15) is 0 Å². The van der Waals surface area contributed by atoms with Crippen LogP contribution < -0.4 is 0 Å². The van der Waals surface area contributed by atoms with Gasteiger partial charge in [0.2, 0.25) is 0 Å². The number of nitrogens with zero attached hydrogens (tertiary/aromatic N) is 1. The zero-order valence-corrected chi connectivity index (χ0v) is 8.93. The third-order valence-corrected chi connectivity index (χ3v) is 3.09. The van der Waals surface area contributed by atoms with Crippen LogP contribution in [-0.4, -0.2) is 17.5 Å². The first-order valence-electron chi connectivity index (χ1n) is 5.57. The lowest BCUT2D eigenvalue weighted by Crippen LogP contribution is -2.09. The van der Waals surface area contributed by atoms with E-state index in [9.17, 15) is 4.79 Å². The molecule has 0 spiro atoms. The minimum Gasteiger partial charge on any atom is -0.358 e. The maximum Gasteiger partial charge on any atom is 0.166 e. The first-order chi connectivity index (χ1) is 7.90. The number of hydrogen-bond acceptors (Lipinski definition) is 2. The molecule has 16 heavy (non-hydrogen) atoms. The molecule has 1 aromatic carbocycles. The molecule has 0 radical (unpaired) electrons. The summed E-state index contributed by atoms with van der Waals surface area (Å²) in [7, 11) is 0. The normalized spacial score (nSPS) is 20.4. The van der Waals surface area contributed by atoms with Gasteiger partial charge in [0.1, 0.15) is 6.23 Å². The molecule has 2 heterocycles. The van der Waals surface area contributed by atoms with Crippen LogP contribution in [0.5, 0.6) is 0 Å². The van der Waals surface area contributed by atoms with Crippen LogP contribution in [0.1, 0.15) is 29.6 Å². The first kappa shape index (κ1) is 9.60. The molecule has 1 aliphatic heterocycles. The Morgan fingerprint density at radius 2 is 2.25 bits per heavy atom. The molecule has 0 N–H and O–H groups in total. The van der Waals surface area contributed by atoms with Crippen LogP contribution >= 0.6 is 0 Å². The Hall–Kier alpha value is -1.61. The molecule has 3 nitrogen and oxygen atoms in total. The van der Waals surface area contributed by atoms with Gasteiger partial charge in [0.05, 0.1) is 11.2 Å². The van der Waals surface area contributed by atoms with E-state index in [1.54, 1.807) is 0 Å². The molecule has 0 aliphatic carbocycles. The second kappa shape index (κ2) is 3.76. The number of rotatable bonds is 2. The van der Waals surface area contributed by atoms with Gasteiger partial charge in [0.25, 0.3) is 0 Å². The SMILES string of the molecule is O=Cc1cc2ccccc2n1C1CCCO1. The van der Waals surface area contributed by atoms with Gasteiger partial charge in [0, 0.05) is 12.0 Å². The Morgan fingerprint density at radius 1 is 1.38 bits per heavy atom. The molecule has 1 unspecified atom stereocenters. The van der Waals surface area contributed by atoms with Gasteiger partial charge >= 0.3 is 0 Å². The fraction of sp³-hybridized carbons (Fsp3) is 0.308. The highest BCUT2D eigenvalue weighted by atomic mass is 16.5. The predicted molar refractivity (Wildman–Crippen MR) is 61.5 cm³/mol. The van der Waals surface area contributed by atoms with E-state index in [2.05, 4.69) is 0 Å². The van der Waals surface area contributed by atoms with Crippen molar-refractivity contribution in [3.8, 4) is 0 Å². The van der Waals surface area contributed by atoms with Crippen molar-refractivity contribution in [3.63, 3.8) is 0 Å². The van der Waals surface area contributed by atoms with Gasteiger partial charge in [-0.15, -0.1) is 0 Å². The molecule has 1 aliphatic rings. The third kappa shape index (κ3) is 1.36. The summed E-state index contributed by atoms with van der Waals surface area (Å²) in [5, 5.41) is 1.10. The standard InChI is InChI=1S/C13H13NO2/c15-9-11-8-10-4-1-2-5-12(10)14(11)13-6-3-7-16-13/h1-2,4-5,8-9,13H,3,6-7H2. The van der Waals surface area contributed by atoms with E-state index in [1.807, 2.05) is 34.9 Å². The van der Waals surface area contributed by atoms with Crippen LogP contribution in [0.3, 0.4) is 0 Å². The topological polar surface area (TPSA) is 31.2 Å². The van der Waals surface area contributed by atoms with Gasteiger partial charge < -0.3 is 9.30 Å². The Balaban J connectivity index is 2.22. The summed E-state index contributed by atoms with van der Waals surface area (Å²) in [5.41, 5.74) is 1.78. The molecule has 0 bridgehead atoms. The molecule has 2 aromatic rings. The zero-order chi connectivity index (χ0) is 11.0. The van der Waals surface area contributed by atoms with Crippen LogP contribution in [0.4, 0.5) is 0 Å². The number of aromatic nitrogens is 1. The van der Waals surface area contributed by atoms with Crippen LogP contribution in [0, 0.1) is 0 Å². The number of carbonyl (C=O) groups is 1. The molecule has 3 heteroatoms. The van der Waals surface area contributed by atoms with Gasteiger partial charge in [-0.25, -0.2) is 0 Å². The van der Waals surface area contributed by atoms with Crippen LogP contribution in [0.2, 0.25) is 0 Å². The third-order valence-electron chi connectivity index (χ3n) is 3.09. The van der Waals surface area contributed by atoms with Gasteiger partial charge in [0.15, 0.2) is 6.29 Å². The number of carbonyl (C=O) groups excluding carboxylic acids is 1. The number of benzene rings is 1. The molecule has 1 saturated heterocycles. The van der Waals surface area contributed by atoms with Gasteiger partial charge in [-0.1, -0.05) is 18.2 Å². The lowest BCUT2D eigenvalue weighted by atomic mass is 10.2. The summed E-state index contributed by atoms with van der Waals surface area (Å²) >= 11 is 0. The van der Waals surface area contributed by atoms with E-state index in [0.717, 1.165) is 36.6 Å². The summed E-state index contributed by atoms with van der Waals surface area (Å²) in [5.74, 6) is 0. The lowest BCUT2D eigenvalue weighted by molar-refractivity contribution is 0.0579. The molecule has 82 valence electrons. The number of aldehydes is 1. The molecule has 1 atom stereocenters. The highest BCUT2D eigenvalue weighted by Gasteiger charge is 2.21. The second-order valence-corrected chi connectivity index (χ2v) is 4.08. The zero-order valence-electron chi connectivity index (χ0n) is 8.93. The Bertz CT molecular complexity index is 524.